The lowest BCUT2D eigenvalue weighted by Gasteiger charge is -2.09. The largest absolute Gasteiger partial charge is 0.497 e. The van der Waals surface area contributed by atoms with Crippen molar-refractivity contribution in [1.82, 2.24) is 15.3 Å². The van der Waals surface area contributed by atoms with Crippen LogP contribution < -0.4 is 15.4 Å². The van der Waals surface area contributed by atoms with Crippen molar-refractivity contribution in [2.45, 2.75) is 20.4 Å². The van der Waals surface area contributed by atoms with Gasteiger partial charge in [0.05, 0.1) is 7.11 Å². The molecule has 0 radical (unpaired) electrons. The highest BCUT2D eigenvalue weighted by Crippen LogP contribution is 2.18. The molecule has 0 atom stereocenters. The molecular weight excluding hydrogens is 340 g/mol. The summed E-state index contributed by atoms with van der Waals surface area (Å²) >= 11 is 0. The summed E-state index contributed by atoms with van der Waals surface area (Å²) in [5, 5.41) is 6.01. The minimum Gasteiger partial charge on any atom is -0.497 e. The van der Waals surface area contributed by atoms with Gasteiger partial charge in [-0.25, -0.2) is 9.97 Å². The number of nitrogens with one attached hydrogen (secondary N) is 2. The van der Waals surface area contributed by atoms with Crippen LogP contribution in [0.15, 0.2) is 54.6 Å². The second kappa shape index (κ2) is 8.31. The Morgan fingerprint density at radius 3 is 2.37 bits per heavy atom. The fourth-order valence-corrected chi connectivity index (χ4v) is 2.52. The summed E-state index contributed by atoms with van der Waals surface area (Å²) in [6.07, 6.45) is 0. The van der Waals surface area contributed by atoms with Crippen LogP contribution in [0.4, 0.5) is 11.6 Å². The average Bonchev–Trinajstić information content (AvgIpc) is 2.67. The standard InChI is InChI=1S/C21H22N4O2/c1-14-4-6-16(7-5-14)13-22-20(26)19-12-15(2)23-21(25-19)24-17-8-10-18(27-3)11-9-17/h4-12H,13H2,1-3H3,(H,22,26)(H,23,24,25). The van der Waals surface area contributed by atoms with E-state index < -0.39 is 0 Å². The summed E-state index contributed by atoms with van der Waals surface area (Å²) in [5.74, 6) is 0.904. The minimum atomic E-state index is -0.237. The first-order chi connectivity index (χ1) is 13.0. The summed E-state index contributed by atoms with van der Waals surface area (Å²) in [6.45, 7) is 4.31. The second-order valence-corrected chi connectivity index (χ2v) is 6.24. The Balaban J connectivity index is 1.69. The SMILES string of the molecule is COc1ccc(Nc2nc(C)cc(C(=O)NCc3ccc(C)cc3)n2)cc1. The van der Waals surface area contributed by atoms with Gasteiger partial charge < -0.3 is 15.4 Å². The van der Waals surface area contributed by atoms with Crippen molar-refractivity contribution in [3.05, 3.63) is 77.1 Å². The first-order valence-corrected chi connectivity index (χ1v) is 8.64. The smallest absolute Gasteiger partial charge is 0.270 e. The zero-order valence-electron chi connectivity index (χ0n) is 15.6. The van der Waals surface area contributed by atoms with Gasteiger partial charge in [-0.1, -0.05) is 29.8 Å². The second-order valence-electron chi connectivity index (χ2n) is 6.24. The van der Waals surface area contributed by atoms with E-state index in [2.05, 4.69) is 20.6 Å². The van der Waals surface area contributed by atoms with Gasteiger partial charge in [0, 0.05) is 17.9 Å². The molecule has 0 bridgehead atoms. The Hall–Kier alpha value is -3.41. The van der Waals surface area contributed by atoms with Crippen LogP contribution in [-0.2, 0) is 6.54 Å². The zero-order valence-corrected chi connectivity index (χ0v) is 15.6. The van der Waals surface area contributed by atoms with Crippen LogP contribution in [0.25, 0.3) is 0 Å². The van der Waals surface area contributed by atoms with Crippen molar-refractivity contribution in [2.75, 3.05) is 12.4 Å². The Labute approximate surface area is 158 Å². The van der Waals surface area contributed by atoms with Crippen LogP contribution in [0.3, 0.4) is 0 Å². The number of aryl methyl sites for hydroxylation is 2. The lowest BCUT2D eigenvalue weighted by atomic mass is 10.1. The Morgan fingerprint density at radius 2 is 1.70 bits per heavy atom. The molecule has 0 aliphatic carbocycles. The fourth-order valence-electron chi connectivity index (χ4n) is 2.52. The molecule has 2 aromatic carbocycles. The van der Waals surface area contributed by atoms with E-state index in [0.717, 1.165) is 17.0 Å². The minimum absolute atomic E-state index is 0.237. The maximum atomic E-state index is 12.5. The van der Waals surface area contributed by atoms with Crippen LogP contribution in [0.2, 0.25) is 0 Å². The molecule has 0 aliphatic heterocycles. The number of hydrogen-bond acceptors (Lipinski definition) is 5. The third-order valence-electron chi connectivity index (χ3n) is 4.01. The highest BCUT2D eigenvalue weighted by atomic mass is 16.5. The van der Waals surface area contributed by atoms with Gasteiger partial charge in [0.1, 0.15) is 11.4 Å². The molecule has 1 amide bonds. The molecular formula is C21H22N4O2. The molecule has 0 saturated carbocycles. The summed E-state index contributed by atoms with van der Waals surface area (Å²) in [5.41, 5.74) is 4.07. The molecule has 138 valence electrons. The predicted octanol–water partition coefficient (Wildman–Crippen LogP) is 3.78. The molecule has 6 heteroatoms. The summed E-state index contributed by atoms with van der Waals surface area (Å²) in [6, 6.07) is 17.1. The van der Waals surface area contributed by atoms with E-state index in [1.54, 1.807) is 13.2 Å². The van der Waals surface area contributed by atoms with Gasteiger partial charge >= 0.3 is 0 Å². The highest BCUT2D eigenvalue weighted by Gasteiger charge is 2.11. The molecule has 3 aromatic rings. The number of benzene rings is 2. The number of anilines is 2. The average molecular weight is 362 g/mol. The molecule has 3 rings (SSSR count). The van der Waals surface area contributed by atoms with Gasteiger partial charge in [-0.2, -0.15) is 0 Å². The van der Waals surface area contributed by atoms with Crippen LogP contribution >= 0.6 is 0 Å². The Kier molecular flexibility index (Phi) is 5.66. The lowest BCUT2D eigenvalue weighted by molar-refractivity contribution is 0.0945. The first-order valence-electron chi connectivity index (χ1n) is 8.64. The van der Waals surface area contributed by atoms with Gasteiger partial charge in [-0.15, -0.1) is 0 Å². The van der Waals surface area contributed by atoms with Gasteiger partial charge in [0.25, 0.3) is 5.91 Å². The molecule has 6 nitrogen and oxygen atoms in total. The molecule has 0 fully saturated rings. The van der Waals surface area contributed by atoms with Crippen molar-refractivity contribution in [3.8, 4) is 5.75 Å². The van der Waals surface area contributed by atoms with Crippen molar-refractivity contribution >= 4 is 17.5 Å². The van der Waals surface area contributed by atoms with E-state index in [1.807, 2.05) is 62.4 Å². The van der Waals surface area contributed by atoms with E-state index in [0.29, 0.717) is 23.9 Å². The van der Waals surface area contributed by atoms with Crippen LogP contribution in [-0.4, -0.2) is 23.0 Å². The quantitative estimate of drug-likeness (QED) is 0.698. The Morgan fingerprint density at radius 1 is 1.00 bits per heavy atom. The van der Waals surface area contributed by atoms with Crippen LogP contribution in [0.5, 0.6) is 5.75 Å². The summed E-state index contributed by atoms with van der Waals surface area (Å²) in [4.78, 5) is 21.2. The van der Waals surface area contributed by atoms with Gasteiger partial charge in [0.2, 0.25) is 5.95 Å². The predicted molar refractivity (Wildman–Crippen MR) is 105 cm³/mol. The van der Waals surface area contributed by atoms with Crippen molar-refractivity contribution in [3.63, 3.8) is 0 Å². The molecule has 0 saturated heterocycles. The van der Waals surface area contributed by atoms with E-state index >= 15 is 0 Å². The van der Waals surface area contributed by atoms with E-state index in [1.165, 1.54) is 5.56 Å². The molecule has 0 spiro atoms. The number of carbonyl (C=O) groups is 1. The number of hydrogen-bond donors (Lipinski definition) is 2. The van der Waals surface area contributed by atoms with Gasteiger partial charge in [0.15, 0.2) is 0 Å². The number of nitrogens with zero attached hydrogens (tertiary/aromatic N) is 2. The number of amides is 1. The number of methoxy groups -OCH3 is 1. The lowest BCUT2D eigenvalue weighted by Crippen LogP contribution is -2.24. The normalized spacial score (nSPS) is 10.3. The van der Waals surface area contributed by atoms with Crippen molar-refractivity contribution in [2.24, 2.45) is 0 Å². The molecule has 2 N–H and O–H groups in total. The van der Waals surface area contributed by atoms with Gasteiger partial charge in [-0.05, 0) is 49.7 Å². The van der Waals surface area contributed by atoms with Crippen LogP contribution in [0.1, 0.15) is 27.3 Å². The fraction of sp³-hybridized carbons (Fsp3) is 0.190. The van der Waals surface area contributed by atoms with Gasteiger partial charge in [-0.3, -0.25) is 4.79 Å². The van der Waals surface area contributed by atoms with Crippen molar-refractivity contribution in [1.29, 1.82) is 0 Å². The summed E-state index contributed by atoms with van der Waals surface area (Å²) in [7, 11) is 1.62. The zero-order chi connectivity index (χ0) is 19.2. The molecule has 1 aromatic heterocycles. The number of rotatable bonds is 6. The number of carbonyl (C=O) groups excluding carboxylic acids is 1. The molecule has 0 aliphatic rings. The Bertz CT molecular complexity index is 922. The van der Waals surface area contributed by atoms with Crippen LogP contribution in [0, 0.1) is 13.8 Å². The third kappa shape index (κ3) is 5.04. The van der Waals surface area contributed by atoms with E-state index in [9.17, 15) is 4.79 Å². The number of aromatic nitrogens is 2. The topological polar surface area (TPSA) is 76.1 Å². The first kappa shape index (κ1) is 18.4. The number of ether oxygens (including phenoxy) is 1. The molecule has 1 heterocycles. The summed E-state index contributed by atoms with van der Waals surface area (Å²) < 4.78 is 5.15. The monoisotopic (exact) mass is 362 g/mol. The van der Waals surface area contributed by atoms with E-state index in [-0.39, 0.29) is 5.91 Å². The molecule has 0 unspecified atom stereocenters. The molecule has 27 heavy (non-hydrogen) atoms. The maximum absolute atomic E-state index is 12.5. The highest BCUT2D eigenvalue weighted by molar-refractivity contribution is 5.92. The maximum Gasteiger partial charge on any atom is 0.270 e. The van der Waals surface area contributed by atoms with Crippen molar-refractivity contribution < 1.29 is 9.53 Å². The third-order valence-corrected chi connectivity index (χ3v) is 4.01. The van der Waals surface area contributed by atoms with E-state index in [4.69, 9.17) is 4.74 Å².